The molecule has 24 heavy (non-hydrogen) atoms. The molecule has 0 aromatic heterocycles. The second-order valence-electron chi connectivity index (χ2n) is 5.96. The van der Waals surface area contributed by atoms with Crippen LogP contribution < -0.4 is 5.32 Å². The zero-order valence-corrected chi connectivity index (χ0v) is 14.0. The number of carbonyl (C=O) groups excluding carboxylic acids is 3. The molecule has 0 bridgehead atoms. The summed E-state index contributed by atoms with van der Waals surface area (Å²) in [7, 11) is 0. The average molecular weight is 333 g/mol. The Balaban J connectivity index is 1.77. The van der Waals surface area contributed by atoms with Crippen molar-refractivity contribution < 1.29 is 19.5 Å². The number of phenols is 1. The van der Waals surface area contributed by atoms with Gasteiger partial charge in [-0.2, -0.15) is 0 Å². The van der Waals surface area contributed by atoms with Crippen LogP contribution in [0.5, 0.6) is 5.75 Å². The van der Waals surface area contributed by atoms with Crippen molar-refractivity contribution >= 4 is 23.4 Å². The number of benzene rings is 1. The molecule has 1 aromatic rings. The highest BCUT2D eigenvalue weighted by Gasteiger charge is 2.22. The Morgan fingerprint density at radius 1 is 1.08 bits per heavy atom. The number of phenolic OH excluding ortho intramolecular Hbond substituents is 1. The van der Waals surface area contributed by atoms with Crippen LogP contribution in [-0.2, 0) is 14.4 Å². The van der Waals surface area contributed by atoms with Gasteiger partial charge in [-0.15, -0.1) is 0 Å². The Morgan fingerprint density at radius 3 is 2.29 bits per heavy atom. The molecular weight excluding hydrogens is 310 g/mol. The zero-order chi connectivity index (χ0) is 17.7. The van der Waals surface area contributed by atoms with Crippen molar-refractivity contribution in [2.45, 2.75) is 26.7 Å². The van der Waals surface area contributed by atoms with Gasteiger partial charge in [0, 0.05) is 45.9 Å². The van der Waals surface area contributed by atoms with Crippen LogP contribution in [0.2, 0.25) is 0 Å². The lowest BCUT2D eigenvalue weighted by molar-refractivity contribution is -0.138. The first-order valence-electron chi connectivity index (χ1n) is 7.99. The van der Waals surface area contributed by atoms with Gasteiger partial charge >= 0.3 is 0 Å². The van der Waals surface area contributed by atoms with Crippen LogP contribution in [0, 0.1) is 6.92 Å². The van der Waals surface area contributed by atoms with E-state index in [9.17, 15) is 19.5 Å². The smallest absolute Gasteiger partial charge is 0.224 e. The fraction of sp³-hybridized carbons (Fsp3) is 0.471. The summed E-state index contributed by atoms with van der Waals surface area (Å²) in [5, 5.41) is 12.4. The summed E-state index contributed by atoms with van der Waals surface area (Å²) in [6.07, 6.45) is 0.164. The molecule has 0 aliphatic carbocycles. The molecule has 130 valence electrons. The van der Waals surface area contributed by atoms with Crippen LogP contribution >= 0.6 is 0 Å². The average Bonchev–Trinajstić information content (AvgIpc) is 2.55. The van der Waals surface area contributed by atoms with E-state index in [4.69, 9.17) is 0 Å². The van der Waals surface area contributed by atoms with E-state index in [2.05, 4.69) is 5.32 Å². The second kappa shape index (κ2) is 7.81. The van der Waals surface area contributed by atoms with Crippen molar-refractivity contribution in [2.75, 3.05) is 31.5 Å². The first kappa shape index (κ1) is 17.8. The lowest BCUT2D eigenvalue weighted by Gasteiger charge is -2.34. The molecule has 1 aromatic carbocycles. The van der Waals surface area contributed by atoms with Gasteiger partial charge in [0.05, 0.1) is 5.69 Å². The number of aromatic hydroxyl groups is 1. The van der Waals surface area contributed by atoms with E-state index in [1.54, 1.807) is 28.0 Å². The van der Waals surface area contributed by atoms with Crippen LogP contribution in [0.15, 0.2) is 18.2 Å². The molecule has 1 aliphatic rings. The number of aryl methyl sites for hydroxylation is 1. The van der Waals surface area contributed by atoms with Crippen LogP contribution in [0.25, 0.3) is 0 Å². The molecule has 1 saturated heterocycles. The minimum atomic E-state index is -0.315. The topological polar surface area (TPSA) is 90.0 Å². The van der Waals surface area contributed by atoms with E-state index in [0.717, 1.165) is 5.56 Å². The number of carbonyl (C=O) groups is 3. The summed E-state index contributed by atoms with van der Waals surface area (Å²) in [4.78, 5) is 38.7. The number of anilines is 1. The van der Waals surface area contributed by atoms with Crippen molar-refractivity contribution in [3.8, 4) is 5.75 Å². The van der Waals surface area contributed by atoms with E-state index in [1.165, 1.54) is 6.92 Å². The van der Waals surface area contributed by atoms with Crippen LogP contribution in [0.4, 0.5) is 5.69 Å². The van der Waals surface area contributed by atoms with Crippen LogP contribution in [-0.4, -0.2) is 58.8 Å². The summed E-state index contributed by atoms with van der Waals surface area (Å²) in [6, 6.07) is 4.98. The molecule has 2 rings (SSSR count). The molecule has 2 N–H and O–H groups in total. The maximum absolute atomic E-state index is 12.1. The predicted molar refractivity (Wildman–Crippen MR) is 89.5 cm³/mol. The number of piperazine rings is 1. The van der Waals surface area contributed by atoms with E-state index < -0.39 is 0 Å². The molecule has 0 saturated carbocycles. The highest BCUT2D eigenvalue weighted by atomic mass is 16.3. The van der Waals surface area contributed by atoms with Gasteiger partial charge in [-0.1, -0.05) is 6.07 Å². The lowest BCUT2D eigenvalue weighted by Crippen LogP contribution is -2.50. The molecule has 1 aliphatic heterocycles. The van der Waals surface area contributed by atoms with Gasteiger partial charge in [-0.05, 0) is 24.6 Å². The normalized spacial score (nSPS) is 14.4. The maximum Gasteiger partial charge on any atom is 0.224 e. The van der Waals surface area contributed by atoms with E-state index in [1.807, 2.05) is 6.92 Å². The fourth-order valence-corrected chi connectivity index (χ4v) is 2.61. The van der Waals surface area contributed by atoms with Crippen LogP contribution in [0.3, 0.4) is 0 Å². The number of amides is 3. The van der Waals surface area contributed by atoms with Crippen molar-refractivity contribution in [1.82, 2.24) is 9.80 Å². The number of hydrogen-bond acceptors (Lipinski definition) is 4. The first-order chi connectivity index (χ1) is 11.4. The highest BCUT2D eigenvalue weighted by Crippen LogP contribution is 2.24. The molecule has 0 spiro atoms. The largest absolute Gasteiger partial charge is 0.506 e. The molecule has 3 amide bonds. The number of nitrogens with one attached hydrogen (secondary N) is 1. The lowest BCUT2D eigenvalue weighted by atomic mass is 10.2. The monoisotopic (exact) mass is 333 g/mol. The van der Waals surface area contributed by atoms with Crippen molar-refractivity contribution in [1.29, 1.82) is 0 Å². The standard InChI is InChI=1S/C17H23N3O4/c1-12-3-4-14(15(22)11-12)18-16(23)5-6-17(24)20-9-7-19(8-10-20)13(2)21/h3-4,11,22H,5-10H2,1-2H3,(H,18,23). The third-order valence-electron chi connectivity index (χ3n) is 4.07. The van der Waals surface area contributed by atoms with Crippen molar-refractivity contribution in [3.05, 3.63) is 23.8 Å². The first-order valence-corrected chi connectivity index (χ1v) is 7.99. The summed E-state index contributed by atoms with van der Waals surface area (Å²) >= 11 is 0. The third-order valence-corrected chi connectivity index (χ3v) is 4.07. The van der Waals surface area contributed by atoms with E-state index in [0.29, 0.717) is 31.9 Å². The maximum atomic E-state index is 12.1. The summed E-state index contributed by atoms with van der Waals surface area (Å²) in [5.41, 5.74) is 1.23. The Morgan fingerprint density at radius 2 is 1.71 bits per heavy atom. The quantitative estimate of drug-likeness (QED) is 0.808. The van der Waals surface area contributed by atoms with Crippen molar-refractivity contribution in [3.63, 3.8) is 0 Å². The fourth-order valence-electron chi connectivity index (χ4n) is 2.61. The molecule has 0 atom stereocenters. The van der Waals surface area contributed by atoms with E-state index in [-0.39, 0.29) is 36.3 Å². The third kappa shape index (κ3) is 4.71. The molecule has 1 heterocycles. The molecular formula is C17H23N3O4. The van der Waals surface area contributed by atoms with Gasteiger partial charge in [0.15, 0.2) is 0 Å². The van der Waals surface area contributed by atoms with Gasteiger partial charge in [0.25, 0.3) is 0 Å². The SMILES string of the molecule is CC(=O)N1CCN(C(=O)CCC(=O)Nc2ccc(C)cc2O)CC1. The van der Waals surface area contributed by atoms with Gasteiger partial charge in [-0.3, -0.25) is 14.4 Å². The molecule has 7 heteroatoms. The summed E-state index contributed by atoms with van der Waals surface area (Å²) in [6.45, 7) is 5.42. The van der Waals surface area contributed by atoms with Gasteiger partial charge in [0.2, 0.25) is 17.7 Å². The van der Waals surface area contributed by atoms with Crippen molar-refractivity contribution in [2.24, 2.45) is 0 Å². The van der Waals surface area contributed by atoms with Gasteiger partial charge in [0.1, 0.15) is 5.75 Å². The minimum absolute atomic E-state index is 0.00929. The minimum Gasteiger partial charge on any atom is -0.506 e. The Bertz CT molecular complexity index is 637. The highest BCUT2D eigenvalue weighted by molar-refractivity contribution is 5.94. The number of nitrogens with zero attached hydrogens (tertiary/aromatic N) is 2. The Labute approximate surface area is 141 Å². The molecule has 7 nitrogen and oxygen atoms in total. The van der Waals surface area contributed by atoms with E-state index >= 15 is 0 Å². The van der Waals surface area contributed by atoms with Crippen LogP contribution in [0.1, 0.15) is 25.3 Å². The summed E-state index contributed by atoms with van der Waals surface area (Å²) in [5.74, 6) is -0.388. The second-order valence-corrected chi connectivity index (χ2v) is 5.96. The van der Waals surface area contributed by atoms with Gasteiger partial charge in [-0.25, -0.2) is 0 Å². The Kier molecular flexibility index (Phi) is 5.78. The number of hydrogen-bond donors (Lipinski definition) is 2. The summed E-state index contributed by atoms with van der Waals surface area (Å²) < 4.78 is 0. The number of rotatable bonds is 4. The predicted octanol–water partition coefficient (Wildman–Crippen LogP) is 1.11. The molecule has 0 unspecified atom stereocenters. The zero-order valence-electron chi connectivity index (χ0n) is 14.0. The van der Waals surface area contributed by atoms with Gasteiger partial charge < -0.3 is 20.2 Å². The Hall–Kier alpha value is -2.57. The molecule has 0 radical (unpaired) electrons. The molecule has 1 fully saturated rings.